The van der Waals surface area contributed by atoms with Crippen LogP contribution >= 0.6 is 0 Å². The summed E-state index contributed by atoms with van der Waals surface area (Å²) in [5.74, 6) is 1.56. The first kappa shape index (κ1) is 16.4. The molecule has 2 heteroatoms. The highest BCUT2D eigenvalue weighted by atomic mass is 16.5. The van der Waals surface area contributed by atoms with Crippen molar-refractivity contribution in [1.29, 1.82) is 0 Å². The van der Waals surface area contributed by atoms with Gasteiger partial charge < -0.3 is 9.47 Å². The molecular formula is C18H26O2. The lowest BCUT2D eigenvalue weighted by Gasteiger charge is -2.12. The van der Waals surface area contributed by atoms with E-state index in [9.17, 15) is 0 Å². The molecule has 0 spiro atoms. The molecule has 0 aliphatic heterocycles. The van der Waals surface area contributed by atoms with Crippen LogP contribution < -0.4 is 9.47 Å². The van der Waals surface area contributed by atoms with Crippen molar-refractivity contribution in [3.05, 3.63) is 49.1 Å². The molecule has 0 bridgehead atoms. The first-order valence-corrected chi connectivity index (χ1v) is 7.42. The van der Waals surface area contributed by atoms with Gasteiger partial charge in [-0.3, -0.25) is 0 Å². The molecule has 1 aromatic carbocycles. The van der Waals surface area contributed by atoms with Crippen molar-refractivity contribution < 1.29 is 9.47 Å². The summed E-state index contributed by atoms with van der Waals surface area (Å²) in [5, 5.41) is 0. The van der Waals surface area contributed by atoms with E-state index >= 15 is 0 Å². The zero-order valence-electron chi connectivity index (χ0n) is 12.6. The fourth-order valence-electron chi connectivity index (χ4n) is 1.99. The van der Waals surface area contributed by atoms with Crippen LogP contribution in [0.25, 0.3) is 0 Å². The van der Waals surface area contributed by atoms with Crippen LogP contribution in [0.5, 0.6) is 11.5 Å². The summed E-state index contributed by atoms with van der Waals surface area (Å²) in [7, 11) is 0. The molecule has 0 saturated carbocycles. The molecule has 2 nitrogen and oxygen atoms in total. The second-order valence-corrected chi connectivity index (χ2v) is 4.79. The molecule has 0 fully saturated rings. The predicted octanol–water partition coefficient (Wildman–Crippen LogP) is 4.94. The zero-order valence-corrected chi connectivity index (χ0v) is 12.6. The Bertz CT molecular complexity index is 410. The van der Waals surface area contributed by atoms with Gasteiger partial charge in [0.1, 0.15) is 13.2 Å². The highest BCUT2D eigenvalue weighted by Gasteiger charge is 2.06. The van der Waals surface area contributed by atoms with Gasteiger partial charge in [0.25, 0.3) is 0 Å². The van der Waals surface area contributed by atoms with Gasteiger partial charge in [0.15, 0.2) is 11.5 Å². The van der Waals surface area contributed by atoms with Gasteiger partial charge in [-0.15, -0.1) is 0 Å². The van der Waals surface area contributed by atoms with Gasteiger partial charge in [0.05, 0.1) is 0 Å². The third-order valence-electron chi connectivity index (χ3n) is 3.04. The fraction of sp³-hybridized carbons (Fsp3) is 0.444. The van der Waals surface area contributed by atoms with Crippen molar-refractivity contribution in [3.63, 3.8) is 0 Å². The minimum Gasteiger partial charge on any atom is -0.486 e. The maximum absolute atomic E-state index is 5.67. The molecule has 1 aromatic rings. The normalized spacial score (nSPS) is 10.1. The van der Waals surface area contributed by atoms with Gasteiger partial charge in [0.2, 0.25) is 0 Å². The Kier molecular flexibility index (Phi) is 8.28. The highest BCUT2D eigenvalue weighted by Crippen LogP contribution is 2.29. The van der Waals surface area contributed by atoms with Crippen LogP contribution in [0, 0.1) is 0 Å². The van der Waals surface area contributed by atoms with Crippen molar-refractivity contribution in [3.8, 4) is 11.5 Å². The highest BCUT2D eigenvalue weighted by molar-refractivity contribution is 5.43. The van der Waals surface area contributed by atoms with Crippen molar-refractivity contribution in [2.75, 3.05) is 13.2 Å². The van der Waals surface area contributed by atoms with Crippen LogP contribution in [0.1, 0.15) is 38.2 Å². The first-order chi connectivity index (χ1) is 9.81. The molecule has 0 atom stereocenters. The van der Waals surface area contributed by atoms with Gasteiger partial charge in [-0.1, -0.05) is 57.6 Å². The summed E-state index contributed by atoms with van der Waals surface area (Å²) in [6, 6.07) is 6.18. The number of hydrogen-bond donors (Lipinski definition) is 0. The first-order valence-electron chi connectivity index (χ1n) is 7.42. The fourth-order valence-corrected chi connectivity index (χ4v) is 1.99. The van der Waals surface area contributed by atoms with E-state index in [4.69, 9.17) is 9.47 Å². The van der Waals surface area contributed by atoms with E-state index in [0.717, 1.165) is 17.9 Å². The Morgan fingerprint density at radius 2 is 1.65 bits per heavy atom. The molecule has 0 amide bonds. The molecule has 0 saturated heterocycles. The summed E-state index contributed by atoms with van der Waals surface area (Å²) < 4.78 is 11.3. The smallest absolute Gasteiger partial charge is 0.161 e. The number of ether oxygens (including phenoxy) is 2. The zero-order chi connectivity index (χ0) is 14.6. The largest absolute Gasteiger partial charge is 0.486 e. The molecule has 1 rings (SSSR count). The maximum atomic E-state index is 5.67. The average molecular weight is 274 g/mol. The average Bonchev–Trinajstić information content (AvgIpc) is 2.48. The number of rotatable bonds is 11. The molecule has 0 heterocycles. The Labute approximate surface area is 123 Å². The third-order valence-corrected chi connectivity index (χ3v) is 3.04. The Morgan fingerprint density at radius 1 is 0.950 bits per heavy atom. The molecule has 0 unspecified atom stereocenters. The Balaban J connectivity index is 2.67. The molecular weight excluding hydrogens is 248 g/mol. The standard InChI is InChI=1S/C18H26O2/c1-4-7-8-9-10-16-11-12-17(19-13-5-2)18(15-16)20-14-6-3/h5-6,11-12,15H,2-4,7-10,13-14H2,1H3. The van der Waals surface area contributed by atoms with E-state index in [1.54, 1.807) is 12.2 Å². The van der Waals surface area contributed by atoms with Crippen LogP contribution in [0.4, 0.5) is 0 Å². The lowest BCUT2D eigenvalue weighted by molar-refractivity contribution is 0.308. The van der Waals surface area contributed by atoms with Crippen LogP contribution in [-0.2, 0) is 6.42 Å². The molecule has 0 aromatic heterocycles. The van der Waals surface area contributed by atoms with E-state index in [2.05, 4.69) is 32.2 Å². The van der Waals surface area contributed by atoms with Gasteiger partial charge >= 0.3 is 0 Å². The number of unbranched alkanes of at least 4 members (excludes halogenated alkanes) is 3. The van der Waals surface area contributed by atoms with Crippen LogP contribution in [-0.4, -0.2) is 13.2 Å². The van der Waals surface area contributed by atoms with E-state index in [1.807, 2.05) is 6.07 Å². The number of aryl methyl sites for hydroxylation is 1. The lowest BCUT2D eigenvalue weighted by Crippen LogP contribution is -2.00. The monoisotopic (exact) mass is 274 g/mol. The van der Waals surface area contributed by atoms with Gasteiger partial charge in [-0.2, -0.15) is 0 Å². The SMILES string of the molecule is C=CCOc1ccc(CCCCCC)cc1OCC=C. The minimum absolute atomic E-state index is 0.486. The van der Waals surface area contributed by atoms with E-state index in [-0.39, 0.29) is 0 Å². The molecule has 0 aliphatic carbocycles. The topological polar surface area (TPSA) is 18.5 Å². The molecule has 0 aliphatic rings. The van der Waals surface area contributed by atoms with E-state index in [1.165, 1.54) is 31.2 Å². The number of benzene rings is 1. The quantitative estimate of drug-likeness (QED) is 0.420. The van der Waals surface area contributed by atoms with Crippen molar-refractivity contribution >= 4 is 0 Å². The second-order valence-electron chi connectivity index (χ2n) is 4.79. The summed E-state index contributed by atoms with van der Waals surface area (Å²) in [5.41, 5.74) is 1.30. The Morgan fingerprint density at radius 3 is 2.30 bits per heavy atom. The Hall–Kier alpha value is -1.70. The van der Waals surface area contributed by atoms with Gasteiger partial charge in [-0.05, 0) is 30.5 Å². The molecule has 110 valence electrons. The van der Waals surface area contributed by atoms with Gasteiger partial charge in [-0.25, -0.2) is 0 Å². The summed E-state index contributed by atoms with van der Waals surface area (Å²) in [4.78, 5) is 0. The molecule has 0 radical (unpaired) electrons. The van der Waals surface area contributed by atoms with Crippen molar-refractivity contribution in [2.24, 2.45) is 0 Å². The number of hydrogen-bond acceptors (Lipinski definition) is 2. The minimum atomic E-state index is 0.486. The summed E-state index contributed by atoms with van der Waals surface area (Å²) in [6.07, 6.45) is 9.64. The lowest BCUT2D eigenvalue weighted by atomic mass is 10.1. The molecule has 20 heavy (non-hydrogen) atoms. The summed E-state index contributed by atoms with van der Waals surface area (Å²) >= 11 is 0. The maximum Gasteiger partial charge on any atom is 0.161 e. The van der Waals surface area contributed by atoms with Crippen molar-refractivity contribution in [1.82, 2.24) is 0 Å². The van der Waals surface area contributed by atoms with E-state index in [0.29, 0.717) is 13.2 Å². The van der Waals surface area contributed by atoms with Crippen molar-refractivity contribution in [2.45, 2.75) is 39.0 Å². The van der Waals surface area contributed by atoms with Crippen LogP contribution in [0.15, 0.2) is 43.5 Å². The third kappa shape index (κ3) is 5.96. The van der Waals surface area contributed by atoms with Crippen LogP contribution in [0.2, 0.25) is 0 Å². The van der Waals surface area contributed by atoms with E-state index < -0.39 is 0 Å². The molecule has 0 N–H and O–H groups in total. The second kappa shape index (κ2) is 10.1. The van der Waals surface area contributed by atoms with Crippen LogP contribution in [0.3, 0.4) is 0 Å². The van der Waals surface area contributed by atoms with Gasteiger partial charge in [0, 0.05) is 0 Å². The summed E-state index contributed by atoms with van der Waals surface area (Å²) in [6.45, 7) is 10.5. The predicted molar refractivity (Wildman–Crippen MR) is 85.7 cm³/mol.